The molecule has 4 nitrogen and oxygen atoms in total. The van der Waals surface area contributed by atoms with Gasteiger partial charge in [0.15, 0.2) is 5.16 Å². The van der Waals surface area contributed by atoms with Gasteiger partial charge in [0.2, 0.25) is 0 Å². The topological polar surface area (TPSA) is 63.1 Å². The van der Waals surface area contributed by atoms with Crippen molar-refractivity contribution in [1.82, 2.24) is 9.97 Å². The summed E-state index contributed by atoms with van der Waals surface area (Å²) in [5.74, 6) is -0.823. The molecule has 1 unspecified atom stereocenters. The standard InChI is InChI=1S/C15H16N2O2S/c1-10-8-11(2)17-15(16-10)20-13(9-14(18)19)12-6-4-3-5-7-12/h3-8,13H,9H2,1-2H3,(H,18,19). The van der Waals surface area contributed by atoms with Gasteiger partial charge in [-0.3, -0.25) is 4.79 Å². The van der Waals surface area contributed by atoms with E-state index in [4.69, 9.17) is 5.11 Å². The van der Waals surface area contributed by atoms with E-state index in [0.717, 1.165) is 17.0 Å². The molecule has 1 N–H and O–H groups in total. The molecule has 0 aliphatic heterocycles. The van der Waals surface area contributed by atoms with E-state index >= 15 is 0 Å². The van der Waals surface area contributed by atoms with E-state index in [2.05, 4.69) is 9.97 Å². The molecule has 0 aliphatic carbocycles. The van der Waals surface area contributed by atoms with Crippen LogP contribution >= 0.6 is 11.8 Å². The third kappa shape index (κ3) is 4.06. The zero-order chi connectivity index (χ0) is 14.5. The number of carbonyl (C=O) groups is 1. The van der Waals surface area contributed by atoms with Gasteiger partial charge in [-0.05, 0) is 25.5 Å². The molecule has 0 bridgehead atoms. The van der Waals surface area contributed by atoms with Gasteiger partial charge in [-0.1, -0.05) is 42.1 Å². The van der Waals surface area contributed by atoms with Crippen molar-refractivity contribution in [3.8, 4) is 0 Å². The van der Waals surface area contributed by atoms with Crippen LogP contribution in [0.2, 0.25) is 0 Å². The van der Waals surface area contributed by atoms with Crippen LogP contribution in [0, 0.1) is 13.8 Å². The van der Waals surface area contributed by atoms with E-state index in [-0.39, 0.29) is 11.7 Å². The summed E-state index contributed by atoms with van der Waals surface area (Å²) in [6, 6.07) is 11.5. The second kappa shape index (κ2) is 6.52. The number of carboxylic acids is 1. The maximum atomic E-state index is 11.1. The largest absolute Gasteiger partial charge is 0.481 e. The Morgan fingerprint density at radius 2 is 1.80 bits per heavy atom. The molecule has 5 heteroatoms. The highest BCUT2D eigenvalue weighted by atomic mass is 32.2. The molecular formula is C15H16N2O2S. The monoisotopic (exact) mass is 288 g/mol. The van der Waals surface area contributed by atoms with E-state index in [1.54, 1.807) is 0 Å². The average Bonchev–Trinajstić information content (AvgIpc) is 2.37. The number of rotatable bonds is 5. The fourth-order valence-corrected chi connectivity index (χ4v) is 3.09. The normalized spacial score (nSPS) is 12.1. The molecule has 1 aromatic heterocycles. The SMILES string of the molecule is Cc1cc(C)nc(SC(CC(=O)O)c2ccccc2)n1. The van der Waals surface area contributed by atoms with Crippen molar-refractivity contribution in [2.24, 2.45) is 0 Å². The predicted octanol–water partition coefficient (Wildman–Crippen LogP) is 3.40. The summed E-state index contributed by atoms with van der Waals surface area (Å²) < 4.78 is 0. The number of benzene rings is 1. The van der Waals surface area contributed by atoms with Crippen LogP contribution in [0.15, 0.2) is 41.6 Å². The lowest BCUT2D eigenvalue weighted by molar-refractivity contribution is -0.137. The highest BCUT2D eigenvalue weighted by Gasteiger charge is 2.18. The number of aromatic nitrogens is 2. The number of hydrogen-bond donors (Lipinski definition) is 1. The minimum absolute atomic E-state index is 0.0467. The molecule has 1 aromatic carbocycles. The fraction of sp³-hybridized carbons (Fsp3) is 0.267. The maximum Gasteiger partial charge on any atom is 0.304 e. The molecule has 104 valence electrons. The smallest absolute Gasteiger partial charge is 0.304 e. The molecule has 2 rings (SSSR count). The molecule has 0 spiro atoms. The van der Waals surface area contributed by atoms with E-state index in [0.29, 0.717) is 5.16 Å². The number of hydrogen-bond acceptors (Lipinski definition) is 4. The summed E-state index contributed by atoms with van der Waals surface area (Å²) in [6.45, 7) is 3.82. The second-order valence-electron chi connectivity index (χ2n) is 4.55. The summed E-state index contributed by atoms with van der Waals surface area (Å²) in [4.78, 5) is 19.8. The number of aliphatic carboxylic acids is 1. The van der Waals surface area contributed by atoms with E-state index in [9.17, 15) is 4.79 Å². The van der Waals surface area contributed by atoms with Crippen molar-refractivity contribution >= 4 is 17.7 Å². The fourth-order valence-electron chi connectivity index (χ4n) is 1.93. The molecule has 0 fully saturated rings. The molecule has 0 amide bonds. The quantitative estimate of drug-likeness (QED) is 0.675. The molecule has 0 radical (unpaired) electrons. The first-order valence-corrected chi connectivity index (χ1v) is 7.18. The van der Waals surface area contributed by atoms with Gasteiger partial charge in [-0.15, -0.1) is 0 Å². The average molecular weight is 288 g/mol. The molecule has 2 aromatic rings. The van der Waals surface area contributed by atoms with Gasteiger partial charge in [0.1, 0.15) is 0 Å². The Hall–Kier alpha value is -1.88. The molecular weight excluding hydrogens is 272 g/mol. The zero-order valence-corrected chi connectivity index (χ0v) is 12.2. The summed E-state index contributed by atoms with van der Waals surface area (Å²) >= 11 is 1.40. The Morgan fingerprint density at radius 3 is 2.35 bits per heavy atom. The van der Waals surface area contributed by atoms with Crippen LogP contribution in [0.1, 0.15) is 28.6 Å². The van der Waals surface area contributed by atoms with Crippen LogP contribution in [0.5, 0.6) is 0 Å². The van der Waals surface area contributed by atoms with E-state index < -0.39 is 5.97 Å². The first kappa shape index (κ1) is 14.5. The van der Waals surface area contributed by atoms with Crippen molar-refractivity contribution in [1.29, 1.82) is 0 Å². The molecule has 0 saturated carbocycles. The Bertz CT molecular complexity index is 582. The van der Waals surface area contributed by atoms with Crippen molar-refractivity contribution in [3.63, 3.8) is 0 Å². The first-order valence-electron chi connectivity index (χ1n) is 6.30. The van der Waals surface area contributed by atoms with Crippen molar-refractivity contribution < 1.29 is 9.90 Å². The van der Waals surface area contributed by atoms with Crippen LogP contribution in [-0.4, -0.2) is 21.0 Å². The van der Waals surface area contributed by atoms with Crippen LogP contribution in [0.3, 0.4) is 0 Å². The van der Waals surface area contributed by atoms with Crippen LogP contribution < -0.4 is 0 Å². The van der Waals surface area contributed by atoms with Gasteiger partial charge in [0.25, 0.3) is 0 Å². The summed E-state index contributed by atoms with van der Waals surface area (Å²) in [7, 11) is 0. The van der Waals surface area contributed by atoms with Crippen LogP contribution in [0.4, 0.5) is 0 Å². The van der Waals surface area contributed by atoms with Crippen LogP contribution in [-0.2, 0) is 4.79 Å². The Morgan fingerprint density at radius 1 is 1.20 bits per heavy atom. The number of nitrogens with zero attached hydrogens (tertiary/aromatic N) is 2. The minimum Gasteiger partial charge on any atom is -0.481 e. The Kier molecular flexibility index (Phi) is 4.74. The van der Waals surface area contributed by atoms with Gasteiger partial charge in [-0.2, -0.15) is 0 Å². The summed E-state index contributed by atoms with van der Waals surface area (Å²) in [5.41, 5.74) is 2.76. The highest BCUT2D eigenvalue weighted by molar-refractivity contribution is 7.99. The highest BCUT2D eigenvalue weighted by Crippen LogP contribution is 2.36. The van der Waals surface area contributed by atoms with Crippen molar-refractivity contribution in [2.45, 2.75) is 30.7 Å². The molecule has 0 saturated heterocycles. The van der Waals surface area contributed by atoms with Gasteiger partial charge in [-0.25, -0.2) is 9.97 Å². The lowest BCUT2D eigenvalue weighted by Gasteiger charge is -2.14. The maximum absolute atomic E-state index is 11.1. The zero-order valence-electron chi connectivity index (χ0n) is 11.4. The lowest BCUT2D eigenvalue weighted by atomic mass is 10.1. The van der Waals surface area contributed by atoms with E-state index in [1.807, 2.05) is 50.2 Å². The number of carboxylic acid groups (broad SMARTS) is 1. The summed E-state index contributed by atoms with van der Waals surface area (Å²) in [6.07, 6.45) is 0.0467. The Balaban J connectivity index is 2.26. The second-order valence-corrected chi connectivity index (χ2v) is 5.72. The molecule has 20 heavy (non-hydrogen) atoms. The molecule has 1 atom stereocenters. The van der Waals surface area contributed by atoms with Gasteiger partial charge < -0.3 is 5.11 Å². The number of aryl methyl sites for hydroxylation is 2. The van der Waals surface area contributed by atoms with Gasteiger partial charge >= 0.3 is 5.97 Å². The van der Waals surface area contributed by atoms with Crippen molar-refractivity contribution in [2.75, 3.05) is 0 Å². The third-order valence-electron chi connectivity index (χ3n) is 2.74. The van der Waals surface area contributed by atoms with Gasteiger partial charge in [0, 0.05) is 16.6 Å². The molecule has 1 heterocycles. The third-order valence-corrected chi connectivity index (χ3v) is 3.86. The lowest BCUT2D eigenvalue weighted by Crippen LogP contribution is -2.04. The number of thioether (sulfide) groups is 1. The van der Waals surface area contributed by atoms with E-state index in [1.165, 1.54) is 11.8 Å². The minimum atomic E-state index is -0.823. The van der Waals surface area contributed by atoms with Crippen LogP contribution in [0.25, 0.3) is 0 Å². The molecule has 0 aliphatic rings. The predicted molar refractivity (Wildman–Crippen MR) is 78.8 cm³/mol. The van der Waals surface area contributed by atoms with Crippen molar-refractivity contribution in [3.05, 3.63) is 53.3 Å². The first-order chi connectivity index (χ1) is 9.54. The van der Waals surface area contributed by atoms with Gasteiger partial charge in [0.05, 0.1) is 6.42 Å². The summed E-state index contributed by atoms with van der Waals surface area (Å²) in [5, 5.41) is 9.52. The Labute approximate surface area is 122 Å².